The predicted molar refractivity (Wildman–Crippen MR) is 38.1 cm³/mol. The molecular formula is C3H4Cl3S. The fraction of sp³-hybridized carbons (Fsp3) is 0.667. The lowest BCUT2D eigenvalue weighted by Crippen LogP contribution is -2.05. The summed E-state index contributed by atoms with van der Waals surface area (Å²) in [6.45, 7) is 0. The van der Waals surface area contributed by atoms with Crippen molar-refractivity contribution < 1.29 is 0 Å². The molecule has 0 heterocycles. The van der Waals surface area contributed by atoms with Crippen molar-refractivity contribution in [3.63, 3.8) is 0 Å². The van der Waals surface area contributed by atoms with Gasteiger partial charge in [0, 0.05) is 6.26 Å². The Kier molecular flexibility index (Phi) is 3.86. The second-order valence-electron chi connectivity index (χ2n) is 0.915. The van der Waals surface area contributed by atoms with Gasteiger partial charge in [-0.3, -0.25) is 0 Å². The minimum atomic E-state index is -0.901. The van der Waals surface area contributed by atoms with E-state index in [1.54, 1.807) is 0 Å². The molecule has 0 saturated heterocycles. The SMILES string of the molecule is [CH2]SC(Cl)(Cl)CCl. The van der Waals surface area contributed by atoms with Gasteiger partial charge in [0.15, 0.2) is 3.67 Å². The number of hydrogen-bond donors (Lipinski definition) is 0. The molecule has 4 heteroatoms. The van der Waals surface area contributed by atoms with Crippen LogP contribution < -0.4 is 0 Å². The molecule has 0 fully saturated rings. The van der Waals surface area contributed by atoms with E-state index in [4.69, 9.17) is 34.8 Å². The van der Waals surface area contributed by atoms with E-state index in [2.05, 4.69) is 6.26 Å². The summed E-state index contributed by atoms with van der Waals surface area (Å²) >= 11 is 17.2. The van der Waals surface area contributed by atoms with E-state index in [-0.39, 0.29) is 5.88 Å². The summed E-state index contributed by atoms with van der Waals surface area (Å²) in [5.74, 6) is 0.199. The van der Waals surface area contributed by atoms with Gasteiger partial charge < -0.3 is 0 Å². The van der Waals surface area contributed by atoms with E-state index in [0.717, 1.165) is 11.8 Å². The zero-order valence-corrected chi connectivity index (χ0v) is 6.54. The Bertz CT molecular complexity index is 48.1. The Labute approximate surface area is 62.5 Å². The third-order valence-electron chi connectivity index (χ3n) is 0.367. The molecule has 0 spiro atoms. The van der Waals surface area contributed by atoms with Gasteiger partial charge in [0.2, 0.25) is 0 Å². The van der Waals surface area contributed by atoms with E-state index in [1.165, 1.54) is 0 Å². The van der Waals surface area contributed by atoms with Crippen molar-refractivity contribution in [3.05, 3.63) is 6.26 Å². The lowest BCUT2D eigenvalue weighted by Gasteiger charge is -2.09. The van der Waals surface area contributed by atoms with Crippen LogP contribution in [0.4, 0.5) is 0 Å². The van der Waals surface area contributed by atoms with E-state index >= 15 is 0 Å². The highest BCUT2D eigenvalue weighted by Gasteiger charge is 2.19. The normalized spacial score (nSPS) is 12.0. The van der Waals surface area contributed by atoms with E-state index < -0.39 is 3.67 Å². The third kappa shape index (κ3) is 3.77. The summed E-state index contributed by atoms with van der Waals surface area (Å²) in [4.78, 5) is 0. The Balaban J connectivity index is 3.36. The highest BCUT2D eigenvalue weighted by molar-refractivity contribution is 8.04. The van der Waals surface area contributed by atoms with Crippen LogP contribution in [-0.4, -0.2) is 9.55 Å². The predicted octanol–water partition coefficient (Wildman–Crippen LogP) is 2.88. The van der Waals surface area contributed by atoms with E-state index in [9.17, 15) is 0 Å². The van der Waals surface area contributed by atoms with Crippen LogP contribution >= 0.6 is 46.6 Å². The minimum Gasteiger partial charge on any atom is -0.122 e. The molecule has 43 valence electrons. The minimum absolute atomic E-state index is 0.199. The van der Waals surface area contributed by atoms with Crippen LogP contribution in [0.3, 0.4) is 0 Å². The molecule has 0 saturated carbocycles. The summed E-state index contributed by atoms with van der Waals surface area (Å²) in [6, 6.07) is 0. The quantitative estimate of drug-likeness (QED) is 0.586. The van der Waals surface area contributed by atoms with Gasteiger partial charge in [-0.1, -0.05) is 23.2 Å². The van der Waals surface area contributed by atoms with Crippen molar-refractivity contribution in [1.29, 1.82) is 0 Å². The molecule has 1 radical (unpaired) electrons. The first-order chi connectivity index (χ1) is 3.12. The first-order valence-corrected chi connectivity index (χ1v) is 3.77. The van der Waals surface area contributed by atoms with Crippen LogP contribution in [0.25, 0.3) is 0 Å². The van der Waals surface area contributed by atoms with Crippen molar-refractivity contribution in [2.75, 3.05) is 5.88 Å². The molecule has 0 atom stereocenters. The fourth-order valence-corrected chi connectivity index (χ4v) is 0.347. The van der Waals surface area contributed by atoms with Crippen molar-refractivity contribution in [3.8, 4) is 0 Å². The molecule has 0 aliphatic heterocycles. The standard InChI is InChI=1S/C3H4Cl3S/c1-7-3(5,6)2-4/h1-2H2. The molecule has 0 aliphatic rings. The van der Waals surface area contributed by atoms with Gasteiger partial charge >= 0.3 is 0 Å². The number of alkyl halides is 3. The maximum Gasteiger partial charge on any atom is 0.176 e. The molecule has 0 N–H and O–H groups in total. The maximum atomic E-state index is 5.44. The van der Waals surface area contributed by atoms with Crippen molar-refractivity contribution >= 4 is 46.6 Å². The molecule has 0 unspecified atom stereocenters. The van der Waals surface area contributed by atoms with E-state index in [0.29, 0.717) is 0 Å². The molecule has 0 aromatic heterocycles. The van der Waals surface area contributed by atoms with Crippen LogP contribution in [-0.2, 0) is 0 Å². The second kappa shape index (κ2) is 3.29. The van der Waals surface area contributed by atoms with Crippen molar-refractivity contribution in [2.24, 2.45) is 0 Å². The average Bonchev–Trinajstić information content (AvgIpc) is 1.68. The molecule has 0 bridgehead atoms. The Hall–Kier alpha value is 1.22. The van der Waals surface area contributed by atoms with Crippen LogP contribution in [0.15, 0.2) is 0 Å². The second-order valence-corrected chi connectivity index (χ2v) is 4.10. The summed E-state index contributed by atoms with van der Waals surface area (Å²) in [5.41, 5.74) is 0. The molecular weight excluding hydrogens is 174 g/mol. The van der Waals surface area contributed by atoms with Gasteiger partial charge in [-0.15, -0.1) is 23.4 Å². The molecule has 0 nitrogen and oxygen atoms in total. The van der Waals surface area contributed by atoms with Crippen LogP contribution in [0, 0.1) is 6.26 Å². The van der Waals surface area contributed by atoms with Gasteiger partial charge in [-0.25, -0.2) is 0 Å². The van der Waals surface area contributed by atoms with Gasteiger partial charge in [0.1, 0.15) is 0 Å². The summed E-state index contributed by atoms with van der Waals surface area (Å²) < 4.78 is -0.901. The van der Waals surface area contributed by atoms with Gasteiger partial charge in [-0.05, 0) is 0 Å². The Morgan fingerprint density at radius 2 is 2.00 bits per heavy atom. The lowest BCUT2D eigenvalue weighted by atomic mass is 10.9. The molecule has 0 amide bonds. The first kappa shape index (κ1) is 8.22. The summed E-state index contributed by atoms with van der Waals surface area (Å²) in [5, 5.41) is 0. The lowest BCUT2D eigenvalue weighted by molar-refractivity contribution is 1.31. The summed E-state index contributed by atoms with van der Waals surface area (Å²) in [6.07, 6.45) is 3.40. The third-order valence-corrected chi connectivity index (χ3v) is 2.69. The Morgan fingerprint density at radius 1 is 1.57 bits per heavy atom. The van der Waals surface area contributed by atoms with Gasteiger partial charge in [-0.2, -0.15) is 0 Å². The van der Waals surface area contributed by atoms with Crippen LogP contribution in [0.5, 0.6) is 0 Å². The van der Waals surface area contributed by atoms with Gasteiger partial charge in [0.25, 0.3) is 0 Å². The first-order valence-electron chi connectivity index (χ1n) is 1.49. The maximum absolute atomic E-state index is 5.44. The van der Waals surface area contributed by atoms with Crippen LogP contribution in [0.2, 0.25) is 0 Å². The van der Waals surface area contributed by atoms with Crippen molar-refractivity contribution in [1.82, 2.24) is 0 Å². The molecule has 0 aliphatic carbocycles. The smallest absolute Gasteiger partial charge is 0.122 e. The number of halogens is 3. The highest BCUT2D eigenvalue weighted by atomic mass is 35.5. The molecule has 0 aromatic carbocycles. The number of rotatable bonds is 2. The average molecular weight is 178 g/mol. The fourth-order valence-electron chi connectivity index (χ4n) is 0.0386. The number of hydrogen-bond acceptors (Lipinski definition) is 1. The van der Waals surface area contributed by atoms with Gasteiger partial charge in [0.05, 0.1) is 5.88 Å². The van der Waals surface area contributed by atoms with E-state index in [1.807, 2.05) is 0 Å². The Morgan fingerprint density at radius 3 is 2.00 bits per heavy atom. The topological polar surface area (TPSA) is 0 Å². The van der Waals surface area contributed by atoms with Crippen molar-refractivity contribution in [2.45, 2.75) is 3.67 Å². The summed E-state index contributed by atoms with van der Waals surface area (Å²) in [7, 11) is 0. The monoisotopic (exact) mass is 177 g/mol. The highest BCUT2D eigenvalue weighted by Crippen LogP contribution is 2.34. The zero-order valence-electron chi connectivity index (χ0n) is 3.46. The molecule has 0 aromatic rings. The molecule has 0 rings (SSSR count). The zero-order chi connectivity index (χ0) is 5.91. The molecule has 7 heavy (non-hydrogen) atoms. The largest absolute Gasteiger partial charge is 0.176 e. The number of thioether (sulfide) groups is 1. The van der Waals surface area contributed by atoms with Crippen LogP contribution in [0.1, 0.15) is 0 Å².